The number of rotatable bonds is 4. The van der Waals surface area contributed by atoms with Crippen molar-refractivity contribution in [2.75, 3.05) is 52.4 Å². The lowest BCUT2D eigenvalue weighted by atomic mass is 9.96. The molecule has 3 rings (SSSR count). The molecule has 0 aliphatic carbocycles. The van der Waals surface area contributed by atoms with Crippen LogP contribution < -0.4 is 0 Å². The molecular formula is C19H27N3O3. The van der Waals surface area contributed by atoms with Gasteiger partial charge in [-0.1, -0.05) is 18.2 Å². The van der Waals surface area contributed by atoms with Crippen LogP contribution in [0.2, 0.25) is 0 Å². The summed E-state index contributed by atoms with van der Waals surface area (Å²) in [6.07, 6.45) is 1.92. The first-order valence-corrected chi connectivity index (χ1v) is 9.15. The van der Waals surface area contributed by atoms with Gasteiger partial charge in [-0.25, -0.2) is 0 Å². The van der Waals surface area contributed by atoms with Crippen LogP contribution in [0, 0.1) is 5.92 Å². The summed E-state index contributed by atoms with van der Waals surface area (Å²) < 4.78 is 0. The van der Waals surface area contributed by atoms with Gasteiger partial charge in [0.15, 0.2) is 0 Å². The van der Waals surface area contributed by atoms with Crippen LogP contribution in [-0.2, 0) is 4.79 Å². The maximum atomic E-state index is 12.8. The Hall–Kier alpha value is -1.92. The van der Waals surface area contributed by atoms with Gasteiger partial charge in [-0.15, -0.1) is 0 Å². The molecule has 2 aliphatic rings. The molecule has 2 aliphatic heterocycles. The maximum absolute atomic E-state index is 12.8. The highest BCUT2D eigenvalue weighted by Crippen LogP contribution is 2.20. The molecule has 2 saturated heterocycles. The number of piperidine rings is 1. The normalized spacial score (nSPS) is 22.0. The number of aliphatic hydroxyl groups is 1. The number of β-amino-alcohol motifs (C(OH)–C–C–N with tert-alkyl or cyclic N) is 1. The zero-order chi connectivity index (χ0) is 17.6. The SMILES string of the molecule is O=C(c1ccccc1)N1CCN(C(=O)[C@@H]2CCCN(CCO)C2)CC1. The van der Waals surface area contributed by atoms with E-state index in [1.807, 2.05) is 40.1 Å². The standard InChI is InChI=1S/C19H27N3O3/c23-14-13-20-8-4-7-17(15-20)19(25)22-11-9-21(10-12-22)18(24)16-5-2-1-3-6-16/h1-3,5-6,17,23H,4,7-15H2/t17-/m1/s1. The van der Waals surface area contributed by atoms with E-state index in [1.54, 1.807) is 0 Å². The van der Waals surface area contributed by atoms with E-state index in [4.69, 9.17) is 5.11 Å². The minimum atomic E-state index is 0.0247. The van der Waals surface area contributed by atoms with E-state index in [0.717, 1.165) is 25.9 Å². The van der Waals surface area contributed by atoms with Crippen LogP contribution in [0.15, 0.2) is 30.3 Å². The van der Waals surface area contributed by atoms with Crippen LogP contribution in [0.25, 0.3) is 0 Å². The van der Waals surface area contributed by atoms with E-state index in [9.17, 15) is 9.59 Å². The number of carbonyl (C=O) groups is 2. The number of hydrogen-bond acceptors (Lipinski definition) is 4. The fourth-order valence-electron chi connectivity index (χ4n) is 3.75. The Kier molecular flexibility index (Phi) is 6.04. The first kappa shape index (κ1) is 17.9. The van der Waals surface area contributed by atoms with Crippen molar-refractivity contribution in [3.8, 4) is 0 Å². The minimum absolute atomic E-state index is 0.0247. The summed E-state index contributed by atoms with van der Waals surface area (Å²) in [4.78, 5) is 31.2. The molecule has 0 aromatic heterocycles. The molecule has 2 fully saturated rings. The molecule has 1 atom stereocenters. The second-order valence-corrected chi connectivity index (χ2v) is 6.85. The quantitative estimate of drug-likeness (QED) is 0.871. The summed E-state index contributed by atoms with van der Waals surface area (Å²) in [6, 6.07) is 9.30. The molecule has 0 spiro atoms. The molecular weight excluding hydrogens is 318 g/mol. The Bertz CT molecular complexity index is 583. The van der Waals surface area contributed by atoms with Crippen LogP contribution in [0.3, 0.4) is 0 Å². The van der Waals surface area contributed by atoms with Gasteiger partial charge in [0.05, 0.1) is 12.5 Å². The number of hydrogen-bond donors (Lipinski definition) is 1. The van der Waals surface area contributed by atoms with Gasteiger partial charge in [-0.3, -0.25) is 9.59 Å². The molecule has 0 saturated carbocycles. The van der Waals surface area contributed by atoms with Crippen LogP contribution >= 0.6 is 0 Å². The third kappa shape index (κ3) is 4.38. The highest BCUT2D eigenvalue weighted by Gasteiger charge is 2.31. The number of piperazine rings is 1. The predicted octanol–water partition coefficient (Wildman–Crippen LogP) is 0.675. The number of nitrogens with zero attached hydrogens (tertiary/aromatic N) is 3. The summed E-state index contributed by atoms with van der Waals surface area (Å²) in [5.41, 5.74) is 0.703. The van der Waals surface area contributed by atoms with E-state index in [1.165, 1.54) is 0 Å². The van der Waals surface area contributed by atoms with Crippen LogP contribution in [0.5, 0.6) is 0 Å². The molecule has 2 amide bonds. The molecule has 1 aromatic rings. The fourth-order valence-corrected chi connectivity index (χ4v) is 3.75. The zero-order valence-electron chi connectivity index (χ0n) is 14.6. The van der Waals surface area contributed by atoms with Gasteiger partial charge in [0.2, 0.25) is 5.91 Å². The van der Waals surface area contributed by atoms with Gasteiger partial charge in [-0.2, -0.15) is 0 Å². The van der Waals surface area contributed by atoms with E-state index in [0.29, 0.717) is 38.3 Å². The lowest BCUT2D eigenvalue weighted by Crippen LogP contribution is -2.53. The lowest BCUT2D eigenvalue weighted by Gasteiger charge is -2.39. The number of aliphatic hydroxyl groups excluding tert-OH is 1. The Balaban J connectivity index is 1.51. The van der Waals surface area contributed by atoms with Crippen molar-refractivity contribution in [3.63, 3.8) is 0 Å². The Labute approximate surface area is 149 Å². The highest BCUT2D eigenvalue weighted by atomic mass is 16.3. The fraction of sp³-hybridized carbons (Fsp3) is 0.579. The molecule has 6 nitrogen and oxygen atoms in total. The van der Waals surface area contributed by atoms with Crippen molar-refractivity contribution < 1.29 is 14.7 Å². The Morgan fingerprint density at radius 3 is 2.36 bits per heavy atom. The second kappa shape index (κ2) is 8.45. The maximum Gasteiger partial charge on any atom is 0.253 e. The first-order valence-electron chi connectivity index (χ1n) is 9.15. The van der Waals surface area contributed by atoms with Crippen molar-refractivity contribution in [2.45, 2.75) is 12.8 Å². The monoisotopic (exact) mass is 345 g/mol. The summed E-state index contributed by atoms with van der Waals surface area (Å²) in [5.74, 6) is 0.269. The molecule has 1 aromatic carbocycles. The third-order valence-electron chi connectivity index (χ3n) is 5.17. The zero-order valence-corrected chi connectivity index (χ0v) is 14.6. The first-order chi connectivity index (χ1) is 12.2. The molecule has 0 unspecified atom stereocenters. The summed E-state index contributed by atoms with van der Waals surface area (Å²) in [6.45, 7) is 4.87. The van der Waals surface area contributed by atoms with Crippen molar-refractivity contribution in [1.82, 2.24) is 14.7 Å². The highest BCUT2D eigenvalue weighted by molar-refractivity contribution is 5.94. The molecule has 2 heterocycles. The Morgan fingerprint density at radius 1 is 1.00 bits per heavy atom. The van der Waals surface area contributed by atoms with Crippen LogP contribution in [-0.4, -0.2) is 84.0 Å². The lowest BCUT2D eigenvalue weighted by molar-refractivity contribution is -0.138. The average Bonchev–Trinajstić information content (AvgIpc) is 2.68. The third-order valence-corrected chi connectivity index (χ3v) is 5.17. The average molecular weight is 345 g/mol. The minimum Gasteiger partial charge on any atom is -0.395 e. The van der Waals surface area contributed by atoms with Crippen LogP contribution in [0.1, 0.15) is 23.2 Å². The van der Waals surface area contributed by atoms with Crippen molar-refractivity contribution in [3.05, 3.63) is 35.9 Å². The van der Waals surface area contributed by atoms with E-state index >= 15 is 0 Å². The number of likely N-dealkylation sites (tertiary alicyclic amines) is 1. The second-order valence-electron chi connectivity index (χ2n) is 6.85. The topological polar surface area (TPSA) is 64.1 Å². The molecule has 0 radical (unpaired) electrons. The smallest absolute Gasteiger partial charge is 0.253 e. The summed E-state index contributed by atoms with van der Waals surface area (Å²) >= 11 is 0. The largest absolute Gasteiger partial charge is 0.395 e. The Morgan fingerprint density at radius 2 is 1.68 bits per heavy atom. The van der Waals surface area contributed by atoms with Gasteiger partial charge in [0, 0.05) is 44.8 Å². The van der Waals surface area contributed by atoms with Crippen molar-refractivity contribution in [1.29, 1.82) is 0 Å². The molecule has 1 N–H and O–H groups in total. The molecule has 6 heteroatoms. The summed E-state index contributed by atoms with van der Waals surface area (Å²) in [5, 5.41) is 9.09. The van der Waals surface area contributed by atoms with Gasteiger partial charge in [0.25, 0.3) is 5.91 Å². The molecule has 25 heavy (non-hydrogen) atoms. The van der Waals surface area contributed by atoms with Crippen molar-refractivity contribution in [2.24, 2.45) is 5.92 Å². The van der Waals surface area contributed by atoms with Crippen LogP contribution in [0.4, 0.5) is 0 Å². The number of amides is 2. The molecule has 0 bridgehead atoms. The number of carbonyl (C=O) groups excluding carboxylic acids is 2. The van der Waals surface area contributed by atoms with Gasteiger partial charge >= 0.3 is 0 Å². The summed E-state index contributed by atoms with van der Waals surface area (Å²) in [7, 11) is 0. The number of benzene rings is 1. The van der Waals surface area contributed by atoms with Gasteiger partial charge in [0.1, 0.15) is 0 Å². The predicted molar refractivity (Wildman–Crippen MR) is 95.2 cm³/mol. The van der Waals surface area contributed by atoms with E-state index < -0.39 is 0 Å². The van der Waals surface area contributed by atoms with E-state index in [2.05, 4.69) is 4.90 Å². The van der Waals surface area contributed by atoms with Gasteiger partial charge < -0.3 is 19.8 Å². The van der Waals surface area contributed by atoms with Crippen molar-refractivity contribution >= 4 is 11.8 Å². The van der Waals surface area contributed by atoms with E-state index in [-0.39, 0.29) is 24.3 Å². The van der Waals surface area contributed by atoms with Gasteiger partial charge in [-0.05, 0) is 31.5 Å². The molecule has 136 valence electrons.